The van der Waals surface area contributed by atoms with Crippen molar-refractivity contribution in [2.24, 2.45) is 5.41 Å². The van der Waals surface area contributed by atoms with Gasteiger partial charge < -0.3 is 14.5 Å². The molecule has 1 aliphatic rings. The molecule has 1 aromatic carbocycles. The van der Waals surface area contributed by atoms with E-state index >= 15 is 0 Å². The third-order valence-corrected chi connectivity index (χ3v) is 11.0. The first-order valence-electron chi connectivity index (χ1n) is 13.8. The Morgan fingerprint density at radius 3 is 2.49 bits per heavy atom. The molecular formula is C27H30Cl2F3N5O6S2. The molecule has 1 saturated heterocycles. The van der Waals surface area contributed by atoms with Crippen LogP contribution in [0.15, 0.2) is 21.6 Å². The van der Waals surface area contributed by atoms with Gasteiger partial charge in [-0.2, -0.15) is 22.9 Å². The van der Waals surface area contributed by atoms with Gasteiger partial charge in [-0.3, -0.25) is 9.59 Å². The van der Waals surface area contributed by atoms with Crippen LogP contribution in [0, 0.1) is 5.41 Å². The summed E-state index contributed by atoms with van der Waals surface area (Å²) in [6, 6.07) is -0.205. The number of nitrogens with one attached hydrogen (secondary N) is 1. The minimum absolute atomic E-state index is 0.0217. The Balaban J connectivity index is 1.80. The van der Waals surface area contributed by atoms with Crippen LogP contribution in [0.1, 0.15) is 69.8 Å². The summed E-state index contributed by atoms with van der Waals surface area (Å²) in [5.41, 5.74) is -1.14. The maximum absolute atomic E-state index is 13.8. The largest absolute Gasteiger partial charge is 0.481 e. The van der Waals surface area contributed by atoms with Gasteiger partial charge in [0.1, 0.15) is 16.6 Å². The number of thiazole rings is 1. The standard InChI is InChI=1S/C27H30Cl2F3N5O6S2/c1-5-16(27(30,31)32)36-45(41,42)15-10-9-14(18(28)19(15)29)21-20(24(38)37-11-7-6-8-13(37)2)34-23(44-21)22-33-17(43-35-22)12-26(3,4)25(39)40/h9-10,13,16,36H,5-8,11-12H2,1-4H3,(H,39,40)/t13-,16-/m0/s1. The van der Waals surface area contributed by atoms with Crippen LogP contribution >= 0.6 is 34.5 Å². The molecule has 2 N–H and O–H groups in total. The SMILES string of the molecule is CC[C@H](NS(=O)(=O)c1ccc(-c2sc(-c3noc(CC(C)(C)C(=O)O)n3)nc2C(=O)N2CCCC[C@@H]2C)c(Cl)c1Cl)C(F)(F)F. The monoisotopic (exact) mass is 711 g/mol. The summed E-state index contributed by atoms with van der Waals surface area (Å²) < 4.78 is 72.7. The summed E-state index contributed by atoms with van der Waals surface area (Å²) in [4.78, 5) is 35.3. The number of likely N-dealkylation sites (tertiary alicyclic amines) is 1. The number of carboxylic acid groups (broad SMARTS) is 1. The highest BCUT2D eigenvalue weighted by Crippen LogP contribution is 2.44. The van der Waals surface area contributed by atoms with Crippen molar-refractivity contribution in [1.29, 1.82) is 0 Å². The Hall–Kier alpha value is -2.79. The number of aromatic nitrogens is 3. The van der Waals surface area contributed by atoms with Gasteiger partial charge in [-0.25, -0.2) is 13.4 Å². The van der Waals surface area contributed by atoms with Crippen molar-refractivity contribution in [3.05, 3.63) is 33.8 Å². The van der Waals surface area contributed by atoms with Crippen molar-refractivity contribution in [1.82, 2.24) is 24.7 Å². The smallest absolute Gasteiger partial charge is 0.404 e. The molecule has 0 unspecified atom stereocenters. The van der Waals surface area contributed by atoms with Crippen molar-refractivity contribution in [3.8, 4) is 21.3 Å². The van der Waals surface area contributed by atoms with Crippen LogP contribution in [-0.4, -0.2) is 70.2 Å². The molecule has 45 heavy (non-hydrogen) atoms. The molecule has 2 aromatic heterocycles. The number of hydrogen-bond donors (Lipinski definition) is 2. The zero-order valence-corrected chi connectivity index (χ0v) is 27.7. The van der Waals surface area contributed by atoms with Crippen LogP contribution in [-0.2, 0) is 21.2 Å². The van der Waals surface area contributed by atoms with E-state index in [1.54, 1.807) is 9.62 Å². The average Bonchev–Trinajstić information content (AvgIpc) is 3.59. The molecule has 11 nitrogen and oxygen atoms in total. The first-order valence-corrected chi connectivity index (χ1v) is 16.9. The van der Waals surface area contributed by atoms with Crippen molar-refractivity contribution in [2.45, 2.75) is 83.0 Å². The Morgan fingerprint density at radius 2 is 1.89 bits per heavy atom. The lowest BCUT2D eigenvalue weighted by Gasteiger charge is -2.33. The van der Waals surface area contributed by atoms with E-state index in [4.69, 9.17) is 27.7 Å². The lowest BCUT2D eigenvalue weighted by Crippen LogP contribution is -2.44. The van der Waals surface area contributed by atoms with Gasteiger partial charge >= 0.3 is 12.1 Å². The number of carboxylic acids is 1. The number of nitrogens with zero attached hydrogens (tertiary/aromatic N) is 4. The zero-order chi connectivity index (χ0) is 33.5. The van der Waals surface area contributed by atoms with Crippen molar-refractivity contribution in [3.63, 3.8) is 0 Å². The molecule has 3 heterocycles. The number of amides is 1. The normalized spacial score (nSPS) is 17.0. The molecule has 0 bridgehead atoms. The maximum Gasteiger partial charge on any atom is 0.404 e. The molecule has 246 valence electrons. The van der Waals surface area contributed by atoms with Gasteiger partial charge in [0, 0.05) is 24.6 Å². The number of sulfonamides is 1. The second kappa shape index (κ2) is 13.1. The highest BCUT2D eigenvalue weighted by Gasteiger charge is 2.42. The van der Waals surface area contributed by atoms with E-state index in [1.807, 2.05) is 6.92 Å². The fourth-order valence-corrected chi connectivity index (χ4v) is 7.94. The molecule has 1 fully saturated rings. The van der Waals surface area contributed by atoms with E-state index in [-0.39, 0.29) is 50.3 Å². The summed E-state index contributed by atoms with van der Waals surface area (Å²) in [5.74, 6) is -1.50. The van der Waals surface area contributed by atoms with Crippen molar-refractivity contribution < 1.29 is 40.8 Å². The van der Waals surface area contributed by atoms with Crippen LogP contribution in [0.25, 0.3) is 21.3 Å². The highest BCUT2D eigenvalue weighted by molar-refractivity contribution is 7.89. The summed E-state index contributed by atoms with van der Waals surface area (Å²) in [7, 11) is -4.76. The average molecular weight is 713 g/mol. The van der Waals surface area contributed by atoms with Gasteiger partial charge in [-0.15, -0.1) is 11.3 Å². The van der Waals surface area contributed by atoms with Gasteiger partial charge in [0.15, 0.2) is 5.01 Å². The maximum atomic E-state index is 13.8. The van der Waals surface area contributed by atoms with E-state index in [2.05, 4.69) is 15.1 Å². The van der Waals surface area contributed by atoms with E-state index in [9.17, 15) is 36.3 Å². The number of benzene rings is 1. The predicted molar refractivity (Wildman–Crippen MR) is 161 cm³/mol. The number of carbonyl (C=O) groups is 2. The Kier molecular flexibility index (Phi) is 10.2. The minimum atomic E-state index is -4.84. The van der Waals surface area contributed by atoms with Gasteiger partial charge in [0.25, 0.3) is 5.91 Å². The second-order valence-corrected chi connectivity index (χ2v) is 14.7. The van der Waals surface area contributed by atoms with E-state index in [0.29, 0.717) is 6.54 Å². The minimum Gasteiger partial charge on any atom is -0.481 e. The van der Waals surface area contributed by atoms with Gasteiger partial charge in [-0.1, -0.05) is 41.3 Å². The number of hydrogen-bond acceptors (Lipinski definition) is 9. The number of aliphatic carboxylic acids is 1. The van der Waals surface area contributed by atoms with Gasteiger partial charge in [-0.05, 0) is 52.5 Å². The molecular weight excluding hydrogens is 682 g/mol. The summed E-state index contributed by atoms with van der Waals surface area (Å²) in [5, 5.41) is 12.6. The van der Waals surface area contributed by atoms with Crippen molar-refractivity contribution >= 4 is 56.4 Å². The fraction of sp³-hybridized carbons (Fsp3) is 0.519. The third-order valence-electron chi connectivity index (χ3n) is 7.41. The van der Waals surface area contributed by atoms with Crippen LogP contribution < -0.4 is 4.72 Å². The Labute approximate surface area is 271 Å². The lowest BCUT2D eigenvalue weighted by molar-refractivity contribution is -0.151. The Bertz CT molecular complexity index is 1710. The summed E-state index contributed by atoms with van der Waals surface area (Å²) in [6.07, 6.45) is -2.98. The number of piperidine rings is 1. The van der Waals surface area contributed by atoms with Crippen molar-refractivity contribution in [2.75, 3.05) is 6.54 Å². The number of carbonyl (C=O) groups excluding carboxylic acids is 1. The number of alkyl halides is 3. The number of halogens is 5. The van der Waals surface area contributed by atoms with E-state index in [0.717, 1.165) is 36.7 Å². The van der Waals surface area contributed by atoms with Crippen LogP contribution in [0.4, 0.5) is 13.2 Å². The molecule has 18 heteroatoms. The van der Waals surface area contributed by atoms with Crippen LogP contribution in [0.3, 0.4) is 0 Å². The molecule has 0 radical (unpaired) electrons. The third kappa shape index (κ3) is 7.45. The highest BCUT2D eigenvalue weighted by atomic mass is 35.5. The molecule has 0 saturated carbocycles. The topological polar surface area (TPSA) is 156 Å². The van der Waals surface area contributed by atoms with Crippen LogP contribution in [0.5, 0.6) is 0 Å². The van der Waals surface area contributed by atoms with E-state index < -0.39 is 55.9 Å². The fourth-order valence-electron chi connectivity index (χ4n) is 4.69. The molecule has 3 aromatic rings. The summed E-state index contributed by atoms with van der Waals surface area (Å²) >= 11 is 13.8. The second-order valence-electron chi connectivity index (χ2n) is 11.3. The van der Waals surface area contributed by atoms with Crippen LogP contribution in [0.2, 0.25) is 10.0 Å². The molecule has 1 amide bonds. The molecule has 1 aliphatic heterocycles. The molecule has 0 spiro atoms. The molecule has 2 atom stereocenters. The predicted octanol–water partition coefficient (Wildman–Crippen LogP) is 6.45. The molecule has 0 aliphatic carbocycles. The van der Waals surface area contributed by atoms with Gasteiger partial charge in [0.2, 0.25) is 21.7 Å². The quantitative estimate of drug-likeness (QED) is 0.241. The lowest BCUT2D eigenvalue weighted by atomic mass is 9.90. The van der Waals surface area contributed by atoms with E-state index in [1.165, 1.54) is 26.8 Å². The first-order chi connectivity index (χ1) is 20.9. The first kappa shape index (κ1) is 35.1. The number of rotatable bonds is 10. The van der Waals surface area contributed by atoms with Gasteiger partial charge in [0.05, 0.1) is 20.3 Å². The molecule has 4 rings (SSSR count). The summed E-state index contributed by atoms with van der Waals surface area (Å²) in [6.45, 7) is 6.54. The Morgan fingerprint density at radius 1 is 1.20 bits per heavy atom. The zero-order valence-electron chi connectivity index (χ0n) is 24.5.